The van der Waals surface area contributed by atoms with Crippen LogP contribution in [0.25, 0.3) is 0 Å². The van der Waals surface area contributed by atoms with Gasteiger partial charge in [-0.25, -0.2) is 0 Å². The molecule has 5 heteroatoms. The fraction of sp³-hybridized carbons (Fsp3) is 0.750. The number of hydrogen-bond donors (Lipinski definition) is 2. The molecular weight excluding hydrogens is 133 g/mol. The predicted octanol–water partition coefficient (Wildman–Crippen LogP) is -4.40. The summed E-state index contributed by atoms with van der Waals surface area (Å²) in [5.74, 6) is -0.487. The van der Waals surface area contributed by atoms with E-state index in [0.29, 0.717) is 0 Å². The van der Waals surface area contributed by atoms with Crippen molar-refractivity contribution in [1.29, 1.82) is 0 Å². The van der Waals surface area contributed by atoms with E-state index in [4.69, 9.17) is 10.8 Å². The molecule has 0 saturated heterocycles. The molecule has 0 rings (SSSR count). The molecule has 0 aliphatic heterocycles. The van der Waals surface area contributed by atoms with Gasteiger partial charge in [0.1, 0.15) is 6.61 Å². The van der Waals surface area contributed by atoms with E-state index in [1.165, 1.54) is 0 Å². The maximum absolute atomic E-state index is 10.1. The van der Waals surface area contributed by atoms with Gasteiger partial charge in [-0.3, -0.25) is 4.79 Å². The summed E-state index contributed by atoms with van der Waals surface area (Å²) < 4.78 is 4.33. The number of nitrogens with two attached hydrogens (primary N) is 1. The first-order valence-electron chi connectivity index (χ1n) is 2.27. The van der Waals surface area contributed by atoms with Crippen molar-refractivity contribution in [2.45, 2.75) is 0 Å². The maximum atomic E-state index is 10.1. The van der Waals surface area contributed by atoms with Crippen LogP contribution in [0.5, 0.6) is 0 Å². The fourth-order valence-electron chi connectivity index (χ4n) is 0.218. The molecule has 0 fully saturated rings. The van der Waals surface area contributed by atoms with E-state index in [1.54, 1.807) is 0 Å². The molecule has 0 spiro atoms. The summed E-state index contributed by atoms with van der Waals surface area (Å²) in [6.07, 6.45) is 0. The van der Waals surface area contributed by atoms with Crippen LogP contribution >= 0.6 is 0 Å². The Morgan fingerprint density at radius 2 is 2.33 bits per heavy atom. The van der Waals surface area contributed by atoms with Crippen LogP contribution in [0.15, 0.2) is 0 Å². The zero-order valence-electron chi connectivity index (χ0n) is 6.46. The summed E-state index contributed by atoms with van der Waals surface area (Å²) in [4.78, 5) is 10.1. The molecule has 0 atom stereocenters. The standard InChI is InChI=1S/C4H9NO3.Na.H/c5-3-4(7)8-2-1-6;;/h6H,1-3,5H2;;/q;+1;-1. The Hall–Kier alpha value is 0.390. The van der Waals surface area contributed by atoms with Crippen LogP contribution in [-0.2, 0) is 9.53 Å². The molecule has 50 valence electrons. The molecule has 0 amide bonds. The van der Waals surface area contributed by atoms with Crippen molar-refractivity contribution >= 4 is 5.97 Å². The molecular formula is C4H10NNaO3. The van der Waals surface area contributed by atoms with Gasteiger partial charge in [0.25, 0.3) is 0 Å². The smallest absolute Gasteiger partial charge is 1.00 e. The summed E-state index contributed by atoms with van der Waals surface area (Å²) in [6.45, 7) is -0.234. The van der Waals surface area contributed by atoms with Crippen LogP contribution in [0.1, 0.15) is 1.43 Å². The second-order valence-corrected chi connectivity index (χ2v) is 1.15. The minimum absolute atomic E-state index is 0. The fourth-order valence-corrected chi connectivity index (χ4v) is 0.218. The zero-order valence-corrected chi connectivity index (χ0v) is 7.46. The van der Waals surface area contributed by atoms with Crippen molar-refractivity contribution in [1.82, 2.24) is 0 Å². The monoisotopic (exact) mass is 143 g/mol. The molecule has 0 aliphatic carbocycles. The topological polar surface area (TPSA) is 72.6 Å². The third-order valence-corrected chi connectivity index (χ3v) is 0.521. The average Bonchev–Trinajstić information content (AvgIpc) is 1.83. The molecule has 4 nitrogen and oxygen atoms in total. The van der Waals surface area contributed by atoms with E-state index >= 15 is 0 Å². The van der Waals surface area contributed by atoms with Crippen LogP contribution in [0.2, 0.25) is 0 Å². The maximum Gasteiger partial charge on any atom is 1.00 e. The van der Waals surface area contributed by atoms with Crippen molar-refractivity contribution < 1.29 is 45.6 Å². The molecule has 0 radical (unpaired) electrons. The Morgan fingerprint density at radius 3 is 2.67 bits per heavy atom. The summed E-state index contributed by atoms with van der Waals surface area (Å²) in [7, 11) is 0. The first-order chi connectivity index (χ1) is 3.81. The number of carbonyl (C=O) groups excluding carboxylic acids is 1. The Balaban J connectivity index is -0.000000245. The van der Waals surface area contributed by atoms with Gasteiger partial charge in [-0.1, -0.05) is 0 Å². The summed E-state index contributed by atoms with van der Waals surface area (Å²) >= 11 is 0. The van der Waals surface area contributed by atoms with Gasteiger partial charge in [0.05, 0.1) is 13.2 Å². The largest absolute Gasteiger partial charge is 1.00 e. The van der Waals surface area contributed by atoms with E-state index in [9.17, 15) is 4.79 Å². The van der Waals surface area contributed by atoms with Crippen LogP contribution in [0.3, 0.4) is 0 Å². The van der Waals surface area contributed by atoms with Crippen molar-refractivity contribution in [2.24, 2.45) is 5.73 Å². The minimum atomic E-state index is -0.487. The van der Waals surface area contributed by atoms with Gasteiger partial charge in [0, 0.05) is 0 Å². The minimum Gasteiger partial charge on any atom is -1.00 e. The number of carbonyl (C=O) groups is 1. The van der Waals surface area contributed by atoms with E-state index in [1.807, 2.05) is 0 Å². The van der Waals surface area contributed by atoms with Gasteiger partial charge in [-0.2, -0.15) is 0 Å². The van der Waals surface area contributed by atoms with Gasteiger partial charge in [-0.15, -0.1) is 0 Å². The molecule has 0 heterocycles. The van der Waals surface area contributed by atoms with E-state index in [-0.39, 0.29) is 50.7 Å². The third-order valence-electron chi connectivity index (χ3n) is 0.521. The van der Waals surface area contributed by atoms with Crippen molar-refractivity contribution in [3.8, 4) is 0 Å². The van der Waals surface area contributed by atoms with Crippen molar-refractivity contribution in [2.75, 3.05) is 19.8 Å². The molecule has 0 saturated carbocycles. The molecule has 0 bridgehead atoms. The Morgan fingerprint density at radius 1 is 1.78 bits per heavy atom. The normalized spacial score (nSPS) is 7.78. The first-order valence-corrected chi connectivity index (χ1v) is 2.27. The number of rotatable bonds is 3. The number of esters is 1. The number of aliphatic hydroxyl groups is 1. The second kappa shape index (κ2) is 8.39. The molecule has 3 N–H and O–H groups in total. The first kappa shape index (κ1) is 12.1. The Kier molecular flexibility index (Phi) is 11.3. The van der Waals surface area contributed by atoms with Gasteiger partial charge >= 0.3 is 35.5 Å². The molecule has 0 aromatic carbocycles. The van der Waals surface area contributed by atoms with Gasteiger partial charge in [-0.05, 0) is 0 Å². The van der Waals surface area contributed by atoms with E-state index < -0.39 is 5.97 Å². The van der Waals surface area contributed by atoms with Gasteiger partial charge in [0.15, 0.2) is 0 Å². The van der Waals surface area contributed by atoms with Crippen molar-refractivity contribution in [3.63, 3.8) is 0 Å². The Labute approximate surface area is 77.1 Å². The molecule has 0 unspecified atom stereocenters. The van der Waals surface area contributed by atoms with Gasteiger partial charge in [0.2, 0.25) is 0 Å². The summed E-state index contributed by atoms with van der Waals surface area (Å²) in [6, 6.07) is 0. The molecule has 9 heavy (non-hydrogen) atoms. The van der Waals surface area contributed by atoms with E-state index in [2.05, 4.69) is 4.74 Å². The van der Waals surface area contributed by atoms with E-state index in [0.717, 1.165) is 0 Å². The number of aliphatic hydroxyl groups excluding tert-OH is 1. The quantitative estimate of drug-likeness (QED) is 0.309. The summed E-state index contributed by atoms with van der Waals surface area (Å²) in [5.41, 5.74) is 4.86. The number of ether oxygens (including phenoxy) is 1. The van der Waals surface area contributed by atoms with Crippen molar-refractivity contribution in [3.05, 3.63) is 0 Å². The predicted molar refractivity (Wildman–Crippen MR) is 28.2 cm³/mol. The van der Waals surface area contributed by atoms with Crippen LogP contribution in [-0.4, -0.2) is 30.8 Å². The molecule has 0 aromatic rings. The SMILES string of the molecule is NCC(=O)OCCO.[H-].[Na+]. The van der Waals surface area contributed by atoms with Crippen LogP contribution in [0, 0.1) is 0 Å². The zero-order chi connectivity index (χ0) is 6.41. The third kappa shape index (κ3) is 8.39. The van der Waals surface area contributed by atoms with Crippen LogP contribution < -0.4 is 35.3 Å². The van der Waals surface area contributed by atoms with Crippen LogP contribution in [0.4, 0.5) is 0 Å². The Bertz CT molecular complexity index is 82.9. The second-order valence-electron chi connectivity index (χ2n) is 1.15. The molecule has 0 aliphatic rings. The average molecular weight is 143 g/mol. The van der Waals surface area contributed by atoms with Gasteiger partial charge < -0.3 is 17.0 Å². The summed E-state index contributed by atoms with van der Waals surface area (Å²) in [5, 5.41) is 8.09. The number of hydrogen-bond acceptors (Lipinski definition) is 4. The molecule has 0 aromatic heterocycles.